The van der Waals surface area contributed by atoms with Crippen molar-refractivity contribution in [1.82, 2.24) is 15.0 Å². The normalized spacial score (nSPS) is 10.4. The number of aromatic nitrogens is 3. The highest BCUT2D eigenvalue weighted by atomic mass is 19.2. The second-order valence-corrected chi connectivity index (χ2v) is 4.08. The molecule has 106 valence electrons. The molecule has 1 aromatic heterocycles. The van der Waals surface area contributed by atoms with Gasteiger partial charge in [-0.1, -0.05) is 0 Å². The van der Waals surface area contributed by atoms with Gasteiger partial charge in [-0.3, -0.25) is 0 Å². The number of rotatable bonds is 3. The van der Waals surface area contributed by atoms with Crippen molar-refractivity contribution in [3.05, 3.63) is 29.6 Å². The third-order valence-corrected chi connectivity index (χ3v) is 2.30. The Bertz CT molecular complexity index is 646. The van der Waals surface area contributed by atoms with E-state index in [9.17, 15) is 13.2 Å². The van der Waals surface area contributed by atoms with Crippen LogP contribution in [-0.2, 0) is 0 Å². The van der Waals surface area contributed by atoms with Crippen LogP contribution in [0.2, 0.25) is 0 Å². The van der Waals surface area contributed by atoms with Crippen LogP contribution in [0.15, 0.2) is 12.1 Å². The van der Waals surface area contributed by atoms with E-state index in [1.165, 1.54) is 0 Å². The smallest absolute Gasteiger partial charge is 0.233 e. The van der Waals surface area contributed by atoms with Gasteiger partial charge < -0.3 is 16.0 Å². The lowest BCUT2D eigenvalue weighted by Gasteiger charge is -2.12. The molecule has 0 saturated carbocycles. The highest BCUT2D eigenvalue weighted by Crippen LogP contribution is 2.22. The number of hydrogen-bond acceptors (Lipinski definition) is 6. The van der Waals surface area contributed by atoms with E-state index in [4.69, 9.17) is 5.73 Å². The minimum Gasteiger partial charge on any atom is -0.368 e. The Morgan fingerprint density at radius 2 is 1.65 bits per heavy atom. The third kappa shape index (κ3) is 2.87. The standard InChI is InChI=1S/C11H11F3N6/c1-20(2)11-18-9(15)17-10(19-11)16-8-4-6(13)5(12)3-7(8)14/h3-4H,1-2H3,(H3,15,16,17,18,19). The van der Waals surface area contributed by atoms with Gasteiger partial charge in [0.1, 0.15) is 5.82 Å². The molecule has 0 unspecified atom stereocenters. The summed E-state index contributed by atoms with van der Waals surface area (Å²) in [6.07, 6.45) is 0. The molecule has 0 fully saturated rings. The van der Waals surface area contributed by atoms with Gasteiger partial charge in [-0.2, -0.15) is 15.0 Å². The van der Waals surface area contributed by atoms with Gasteiger partial charge in [-0.25, -0.2) is 13.2 Å². The highest BCUT2D eigenvalue weighted by molar-refractivity contribution is 5.56. The van der Waals surface area contributed by atoms with E-state index >= 15 is 0 Å². The Kier molecular flexibility index (Phi) is 3.59. The van der Waals surface area contributed by atoms with Crippen LogP contribution in [0.3, 0.4) is 0 Å². The van der Waals surface area contributed by atoms with Crippen molar-refractivity contribution in [3.63, 3.8) is 0 Å². The van der Waals surface area contributed by atoms with E-state index < -0.39 is 17.5 Å². The SMILES string of the molecule is CN(C)c1nc(N)nc(Nc2cc(F)c(F)cc2F)n1. The molecule has 0 amide bonds. The summed E-state index contributed by atoms with van der Waals surface area (Å²) in [5.74, 6) is -3.38. The molecule has 2 aromatic rings. The van der Waals surface area contributed by atoms with Crippen molar-refractivity contribution in [2.75, 3.05) is 30.0 Å². The topological polar surface area (TPSA) is 80.0 Å². The van der Waals surface area contributed by atoms with Crippen molar-refractivity contribution in [1.29, 1.82) is 0 Å². The van der Waals surface area contributed by atoms with Crippen LogP contribution < -0.4 is 16.0 Å². The van der Waals surface area contributed by atoms with Crippen molar-refractivity contribution < 1.29 is 13.2 Å². The molecular formula is C11H11F3N6. The lowest BCUT2D eigenvalue weighted by atomic mass is 10.3. The van der Waals surface area contributed by atoms with Crippen molar-refractivity contribution in [2.24, 2.45) is 0 Å². The molecular weight excluding hydrogens is 273 g/mol. The van der Waals surface area contributed by atoms with Gasteiger partial charge in [0, 0.05) is 26.2 Å². The lowest BCUT2D eigenvalue weighted by molar-refractivity contribution is 0.496. The minimum absolute atomic E-state index is 0.0777. The fourth-order valence-electron chi connectivity index (χ4n) is 1.38. The maximum absolute atomic E-state index is 13.5. The van der Waals surface area contributed by atoms with E-state index in [1.54, 1.807) is 19.0 Å². The number of benzene rings is 1. The van der Waals surface area contributed by atoms with Gasteiger partial charge in [0.05, 0.1) is 5.69 Å². The quantitative estimate of drug-likeness (QED) is 0.835. The minimum atomic E-state index is -1.28. The fraction of sp³-hybridized carbons (Fsp3) is 0.182. The number of nitrogen functional groups attached to an aromatic ring is 1. The van der Waals surface area contributed by atoms with Gasteiger partial charge in [-0.15, -0.1) is 0 Å². The molecule has 0 aliphatic heterocycles. The van der Waals surface area contributed by atoms with Gasteiger partial charge >= 0.3 is 0 Å². The van der Waals surface area contributed by atoms with Crippen molar-refractivity contribution in [2.45, 2.75) is 0 Å². The van der Waals surface area contributed by atoms with E-state index in [1.807, 2.05) is 0 Å². The Labute approximate surface area is 112 Å². The number of nitrogens with one attached hydrogen (secondary N) is 1. The number of hydrogen-bond donors (Lipinski definition) is 2. The van der Waals surface area contributed by atoms with Crippen LogP contribution in [0.1, 0.15) is 0 Å². The molecule has 0 saturated heterocycles. The fourth-order valence-corrected chi connectivity index (χ4v) is 1.38. The largest absolute Gasteiger partial charge is 0.368 e. The van der Waals surface area contributed by atoms with Crippen molar-refractivity contribution in [3.8, 4) is 0 Å². The third-order valence-electron chi connectivity index (χ3n) is 2.30. The zero-order valence-corrected chi connectivity index (χ0v) is 10.7. The zero-order valence-electron chi connectivity index (χ0n) is 10.7. The summed E-state index contributed by atoms with van der Waals surface area (Å²) >= 11 is 0. The summed E-state index contributed by atoms with van der Waals surface area (Å²) in [7, 11) is 3.35. The molecule has 0 radical (unpaired) electrons. The molecule has 1 heterocycles. The Morgan fingerprint density at radius 1 is 1.00 bits per heavy atom. The maximum atomic E-state index is 13.5. The van der Waals surface area contributed by atoms with Gasteiger partial charge in [0.25, 0.3) is 0 Å². The molecule has 9 heteroatoms. The average molecular weight is 284 g/mol. The van der Waals surface area contributed by atoms with Crippen LogP contribution in [0.5, 0.6) is 0 Å². The average Bonchev–Trinajstić information content (AvgIpc) is 2.35. The van der Waals surface area contributed by atoms with E-state index in [0.717, 1.165) is 0 Å². The number of anilines is 4. The number of nitrogens with two attached hydrogens (primary N) is 1. The summed E-state index contributed by atoms with van der Waals surface area (Å²) in [6.45, 7) is 0. The first-order valence-corrected chi connectivity index (χ1v) is 5.47. The maximum Gasteiger partial charge on any atom is 0.233 e. The van der Waals surface area contributed by atoms with E-state index in [0.29, 0.717) is 12.1 Å². The second-order valence-electron chi connectivity index (χ2n) is 4.08. The molecule has 1 aromatic carbocycles. The lowest BCUT2D eigenvalue weighted by Crippen LogP contribution is -2.16. The molecule has 2 rings (SSSR count). The van der Waals surface area contributed by atoms with Crippen LogP contribution in [-0.4, -0.2) is 29.0 Å². The van der Waals surface area contributed by atoms with Crippen LogP contribution in [0, 0.1) is 17.5 Å². The van der Waals surface area contributed by atoms with Crippen LogP contribution in [0.4, 0.5) is 36.7 Å². The summed E-state index contributed by atoms with van der Waals surface area (Å²) in [5, 5.41) is 2.43. The first kappa shape index (κ1) is 13.8. The first-order chi connectivity index (χ1) is 9.36. The molecule has 0 atom stereocenters. The molecule has 0 spiro atoms. The summed E-state index contributed by atoms with van der Waals surface area (Å²) in [5.41, 5.74) is 5.18. The number of halogens is 3. The van der Waals surface area contributed by atoms with Crippen LogP contribution >= 0.6 is 0 Å². The van der Waals surface area contributed by atoms with Gasteiger partial charge in [0.15, 0.2) is 11.6 Å². The molecule has 0 aliphatic rings. The number of nitrogens with zero attached hydrogens (tertiary/aromatic N) is 4. The molecule has 3 N–H and O–H groups in total. The Balaban J connectivity index is 2.37. The second kappa shape index (κ2) is 5.19. The predicted molar refractivity (Wildman–Crippen MR) is 68.2 cm³/mol. The van der Waals surface area contributed by atoms with Crippen molar-refractivity contribution >= 4 is 23.5 Å². The summed E-state index contributed by atoms with van der Waals surface area (Å²) in [6, 6.07) is 1.09. The molecule has 0 aliphatic carbocycles. The highest BCUT2D eigenvalue weighted by Gasteiger charge is 2.12. The zero-order chi connectivity index (χ0) is 14.9. The van der Waals surface area contributed by atoms with E-state index in [-0.39, 0.29) is 23.5 Å². The molecule has 6 nitrogen and oxygen atoms in total. The Hall–Kier alpha value is -2.58. The predicted octanol–water partition coefficient (Wildman–Crippen LogP) is 1.68. The summed E-state index contributed by atoms with van der Waals surface area (Å²) < 4.78 is 39.4. The Morgan fingerprint density at radius 3 is 2.30 bits per heavy atom. The van der Waals surface area contributed by atoms with Gasteiger partial charge in [-0.05, 0) is 0 Å². The monoisotopic (exact) mass is 284 g/mol. The first-order valence-electron chi connectivity index (χ1n) is 5.47. The van der Waals surface area contributed by atoms with E-state index in [2.05, 4.69) is 20.3 Å². The summed E-state index contributed by atoms with van der Waals surface area (Å²) in [4.78, 5) is 13.1. The van der Waals surface area contributed by atoms with Gasteiger partial charge in [0.2, 0.25) is 17.8 Å². The van der Waals surface area contributed by atoms with Crippen LogP contribution in [0.25, 0.3) is 0 Å². The molecule has 0 bridgehead atoms. The molecule has 20 heavy (non-hydrogen) atoms.